The van der Waals surface area contributed by atoms with Crippen molar-refractivity contribution >= 4 is 17.4 Å². The molecule has 0 atom stereocenters. The van der Waals surface area contributed by atoms with Gasteiger partial charge in [-0.15, -0.1) is 10.2 Å². The average Bonchev–Trinajstić information content (AvgIpc) is 2.56. The van der Waals surface area contributed by atoms with Crippen molar-refractivity contribution in [1.82, 2.24) is 15.1 Å². The summed E-state index contributed by atoms with van der Waals surface area (Å²) in [4.78, 5) is 14.1. The molecule has 0 bridgehead atoms. The summed E-state index contributed by atoms with van der Waals surface area (Å²) in [6.45, 7) is 1.63. The van der Waals surface area contributed by atoms with Crippen molar-refractivity contribution in [3.05, 3.63) is 47.7 Å². The number of nitrogens with zero attached hydrogens (tertiary/aromatic N) is 4. The molecule has 2 aromatic rings. The lowest BCUT2D eigenvalue weighted by molar-refractivity contribution is 0.102. The van der Waals surface area contributed by atoms with Crippen molar-refractivity contribution < 1.29 is 4.79 Å². The van der Waals surface area contributed by atoms with Crippen molar-refractivity contribution in [3.63, 3.8) is 0 Å². The summed E-state index contributed by atoms with van der Waals surface area (Å²) in [5.41, 5.74) is 1.37. The number of aromatic nitrogens is 2. The molecular formula is C16H18N6O. The zero-order valence-electron chi connectivity index (χ0n) is 13.1. The number of anilines is 2. The predicted molar refractivity (Wildman–Crippen MR) is 88.2 cm³/mol. The molecule has 0 radical (unpaired) electrons. The van der Waals surface area contributed by atoms with Gasteiger partial charge < -0.3 is 15.5 Å². The number of hydrogen-bond acceptors (Lipinski definition) is 6. The highest BCUT2D eigenvalue weighted by atomic mass is 16.1. The minimum Gasteiger partial charge on any atom is -0.367 e. The Labute approximate surface area is 134 Å². The van der Waals surface area contributed by atoms with Crippen LogP contribution in [0.3, 0.4) is 0 Å². The minimum absolute atomic E-state index is 0.229. The lowest BCUT2D eigenvalue weighted by Crippen LogP contribution is -2.21. The van der Waals surface area contributed by atoms with E-state index in [1.165, 1.54) is 0 Å². The van der Waals surface area contributed by atoms with Crippen molar-refractivity contribution in [1.29, 1.82) is 5.26 Å². The summed E-state index contributed by atoms with van der Waals surface area (Å²) in [6, 6.07) is 12.0. The fourth-order valence-corrected chi connectivity index (χ4v) is 1.78. The molecule has 7 nitrogen and oxygen atoms in total. The SMILES string of the molecule is CN(C)CCNc1ccc(C(=O)Nc2ccc(C#N)cc2)nn1. The first-order chi connectivity index (χ1) is 11.1. The highest BCUT2D eigenvalue weighted by Gasteiger charge is 2.08. The monoisotopic (exact) mass is 310 g/mol. The Morgan fingerprint density at radius 1 is 1.17 bits per heavy atom. The summed E-state index contributed by atoms with van der Waals surface area (Å²) < 4.78 is 0. The number of likely N-dealkylation sites (N-methyl/N-ethyl adjacent to an activating group) is 1. The van der Waals surface area contributed by atoms with Gasteiger partial charge in [-0.3, -0.25) is 4.79 Å². The third-order valence-electron chi connectivity index (χ3n) is 3.03. The molecule has 0 aliphatic carbocycles. The molecular weight excluding hydrogens is 292 g/mol. The summed E-state index contributed by atoms with van der Waals surface area (Å²) >= 11 is 0. The highest BCUT2D eigenvalue weighted by molar-refractivity contribution is 6.02. The first kappa shape index (κ1) is 16.4. The number of nitrogens with one attached hydrogen (secondary N) is 2. The Balaban J connectivity index is 1.93. The number of amides is 1. The summed E-state index contributed by atoms with van der Waals surface area (Å²) in [7, 11) is 3.98. The van der Waals surface area contributed by atoms with E-state index < -0.39 is 0 Å². The van der Waals surface area contributed by atoms with Gasteiger partial charge in [0.1, 0.15) is 5.82 Å². The molecule has 0 aliphatic heterocycles. The molecule has 2 N–H and O–H groups in total. The van der Waals surface area contributed by atoms with Crippen LogP contribution >= 0.6 is 0 Å². The second-order valence-corrected chi connectivity index (χ2v) is 5.18. The van der Waals surface area contributed by atoms with Gasteiger partial charge >= 0.3 is 0 Å². The first-order valence-corrected chi connectivity index (χ1v) is 7.12. The standard InChI is InChI=1S/C16H18N6O/c1-22(2)10-9-18-15-8-7-14(20-21-15)16(23)19-13-5-3-12(11-17)4-6-13/h3-8H,9-10H2,1-2H3,(H,18,21)(H,19,23). The van der Waals surface area contributed by atoms with Gasteiger partial charge in [0, 0.05) is 18.8 Å². The average molecular weight is 310 g/mol. The van der Waals surface area contributed by atoms with Crippen molar-refractivity contribution in [3.8, 4) is 6.07 Å². The molecule has 1 amide bonds. The van der Waals surface area contributed by atoms with E-state index in [1.54, 1.807) is 36.4 Å². The van der Waals surface area contributed by atoms with E-state index in [-0.39, 0.29) is 11.6 Å². The molecule has 0 saturated heterocycles. The zero-order valence-corrected chi connectivity index (χ0v) is 13.1. The van der Waals surface area contributed by atoms with Crippen LogP contribution in [0.4, 0.5) is 11.5 Å². The number of carbonyl (C=O) groups excluding carboxylic acids is 1. The maximum atomic E-state index is 12.1. The van der Waals surface area contributed by atoms with E-state index in [2.05, 4.69) is 25.7 Å². The molecule has 0 saturated carbocycles. The van der Waals surface area contributed by atoms with Gasteiger partial charge in [-0.2, -0.15) is 5.26 Å². The Morgan fingerprint density at radius 3 is 2.48 bits per heavy atom. The fraction of sp³-hybridized carbons (Fsp3) is 0.250. The molecule has 1 aromatic heterocycles. The molecule has 1 heterocycles. The molecule has 0 unspecified atom stereocenters. The lowest BCUT2D eigenvalue weighted by atomic mass is 10.2. The maximum absolute atomic E-state index is 12.1. The first-order valence-electron chi connectivity index (χ1n) is 7.12. The Hall–Kier alpha value is -2.98. The van der Waals surface area contributed by atoms with Crippen LogP contribution in [0.5, 0.6) is 0 Å². The van der Waals surface area contributed by atoms with Crippen molar-refractivity contribution in [2.24, 2.45) is 0 Å². The normalized spacial score (nSPS) is 10.2. The van der Waals surface area contributed by atoms with Gasteiger partial charge in [0.2, 0.25) is 0 Å². The Bertz CT molecular complexity index is 688. The van der Waals surface area contributed by atoms with E-state index in [9.17, 15) is 4.79 Å². The van der Waals surface area contributed by atoms with Crippen molar-refractivity contribution in [2.45, 2.75) is 0 Å². The lowest BCUT2D eigenvalue weighted by Gasteiger charge is -2.10. The van der Waals surface area contributed by atoms with E-state index in [4.69, 9.17) is 5.26 Å². The van der Waals surface area contributed by atoms with Gasteiger partial charge in [-0.05, 0) is 50.5 Å². The van der Waals surface area contributed by atoms with Crippen LogP contribution in [0.1, 0.15) is 16.1 Å². The number of nitriles is 1. The van der Waals surface area contributed by atoms with Gasteiger partial charge in [0.15, 0.2) is 5.69 Å². The molecule has 2 rings (SSSR count). The summed E-state index contributed by atoms with van der Waals surface area (Å²) in [5, 5.41) is 22.5. The van der Waals surface area contributed by atoms with E-state index in [1.807, 2.05) is 20.2 Å². The van der Waals surface area contributed by atoms with Gasteiger partial charge in [0.25, 0.3) is 5.91 Å². The molecule has 0 aliphatic rings. The van der Waals surface area contributed by atoms with E-state index >= 15 is 0 Å². The number of carbonyl (C=O) groups is 1. The van der Waals surface area contributed by atoms with Crippen molar-refractivity contribution in [2.75, 3.05) is 37.8 Å². The zero-order chi connectivity index (χ0) is 16.7. The second kappa shape index (κ2) is 7.87. The topological polar surface area (TPSA) is 93.9 Å². The molecule has 23 heavy (non-hydrogen) atoms. The smallest absolute Gasteiger partial charge is 0.276 e. The molecule has 0 spiro atoms. The summed E-state index contributed by atoms with van der Waals surface area (Å²) in [6.07, 6.45) is 0. The Kier molecular flexibility index (Phi) is 5.61. The minimum atomic E-state index is -0.345. The number of hydrogen-bond donors (Lipinski definition) is 2. The van der Waals surface area contributed by atoms with E-state index in [0.717, 1.165) is 13.1 Å². The fourth-order valence-electron chi connectivity index (χ4n) is 1.78. The number of rotatable bonds is 6. The van der Waals surface area contributed by atoms with Gasteiger partial charge in [0.05, 0.1) is 11.6 Å². The quantitative estimate of drug-likeness (QED) is 0.841. The van der Waals surface area contributed by atoms with Crippen LogP contribution in [-0.4, -0.2) is 48.2 Å². The molecule has 7 heteroatoms. The van der Waals surface area contributed by atoms with E-state index in [0.29, 0.717) is 17.1 Å². The molecule has 1 aromatic carbocycles. The van der Waals surface area contributed by atoms with Crippen LogP contribution in [0.15, 0.2) is 36.4 Å². The van der Waals surface area contributed by atoms with Crippen LogP contribution in [0.25, 0.3) is 0 Å². The van der Waals surface area contributed by atoms with Crippen LogP contribution in [0, 0.1) is 11.3 Å². The highest BCUT2D eigenvalue weighted by Crippen LogP contribution is 2.10. The third kappa shape index (κ3) is 5.05. The van der Waals surface area contributed by atoms with Gasteiger partial charge in [-0.25, -0.2) is 0 Å². The van der Waals surface area contributed by atoms with Crippen LogP contribution in [0.2, 0.25) is 0 Å². The van der Waals surface area contributed by atoms with Crippen LogP contribution < -0.4 is 10.6 Å². The largest absolute Gasteiger partial charge is 0.367 e. The predicted octanol–water partition coefficient (Wildman–Crippen LogP) is 1.57. The maximum Gasteiger partial charge on any atom is 0.276 e. The molecule has 0 fully saturated rings. The Morgan fingerprint density at radius 2 is 1.91 bits per heavy atom. The van der Waals surface area contributed by atoms with Crippen LogP contribution in [-0.2, 0) is 0 Å². The summed E-state index contributed by atoms with van der Waals surface area (Å²) in [5.74, 6) is 0.281. The number of benzene rings is 1. The third-order valence-corrected chi connectivity index (χ3v) is 3.03. The second-order valence-electron chi connectivity index (χ2n) is 5.18. The molecule has 118 valence electrons. The van der Waals surface area contributed by atoms with Gasteiger partial charge in [-0.1, -0.05) is 0 Å².